The fourth-order valence-corrected chi connectivity index (χ4v) is 1.54. The molecule has 0 amide bonds. The average Bonchev–Trinajstić information content (AvgIpc) is 2.75. The molecule has 6 heteroatoms. The van der Waals surface area contributed by atoms with E-state index in [4.69, 9.17) is 27.6 Å². The lowest BCUT2D eigenvalue weighted by atomic mass is 10.1. The molecule has 0 saturated heterocycles. The Hall–Kier alpha value is -1.65. The van der Waals surface area contributed by atoms with Crippen LogP contribution >= 0.6 is 23.2 Å². The number of rotatable bonds is 3. The van der Waals surface area contributed by atoms with E-state index in [0.717, 1.165) is 0 Å². The van der Waals surface area contributed by atoms with E-state index in [1.807, 2.05) is 0 Å². The molecule has 0 aliphatic carbocycles. The molecule has 0 atom stereocenters. The molecule has 2 rings (SSSR count). The normalized spacial score (nSPS) is 10.2. The first kappa shape index (κ1) is 11.8. The van der Waals surface area contributed by atoms with Gasteiger partial charge in [0.15, 0.2) is 0 Å². The van der Waals surface area contributed by atoms with Crippen LogP contribution < -0.4 is 0 Å². The van der Waals surface area contributed by atoms with Gasteiger partial charge in [-0.1, -0.05) is 30.3 Å². The van der Waals surface area contributed by atoms with Crippen molar-refractivity contribution in [2.75, 3.05) is 0 Å². The van der Waals surface area contributed by atoms with Crippen molar-refractivity contribution in [1.82, 2.24) is 4.98 Å². The van der Waals surface area contributed by atoms with Crippen molar-refractivity contribution in [2.24, 2.45) is 0 Å². The molecule has 0 bridgehead atoms. The Labute approximate surface area is 106 Å². The first-order valence-electron chi connectivity index (χ1n) is 4.55. The number of hydrogen-bond donors (Lipinski definition) is 0. The summed E-state index contributed by atoms with van der Waals surface area (Å²) in [6.07, 6.45) is 0. The lowest BCUT2D eigenvalue weighted by Crippen LogP contribution is -1.89. The van der Waals surface area contributed by atoms with Gasteiger partial charge in [0.1, 0.15) is 5.69 Å². The molecule has 0 radical (unpaired) electrons. The number of halogens is 2. The van der Waals surface area contributed by atoms with Crippen molar-refractivity contribution in [1.29, 1.82) is 0 Å². The molecule has 1 aromatic carbocycles. The Morgan fingerprint density at radius 3 is 2.24 bits per heavy atom. The van der Waals surface area contributed by atoms with Gasteiger partial charge in [-0.15, -0.1) is 0 Å². The highest BCUT2D eigenvalue weighted by molar-refractivity contribution is 6.68. The summed E-state index contributed by atoms with van der Waals surface area (Å²) in [5.74, 6) is -0.545. The lowest BCUT2D eigenvalue weighted by Gasteiger charge is -1.95. The molecule has 2 aromatic rings. The van der Waals surface area contributed by atoms with Gasteiger partial charge in [0, 0.05) is 5.56 Å². The molecule has 0 aliphatic rings. The number of hydrogen-bond acceptors (Lipinski definition) is 4. The fraction of sp³-hybridized carbons (Fsp3) is 0. The highest BCUT2D eigenvalue weighted by atomic mass is 35.5. The third kappa shape index (κ3) is 2.38. The molecule has 4 nitrogen and oxygen atoms in total. The summed E-state index contributed by atoms with van der Waals surface area (Å²) in [7, 11) is 0. The average molecular weight is 270 g/mol. The van der Waals surface area contributed by atoms with Crippen LogP contribution in [0, 0.1) is 0 Å². The fourth-order valence-electron chi connectivity index (χ4n) is 1.33. The predicted octanol–water partition coefficient (Wildman–Crippen LogP) is 3.10. The quantitative estimate of drug-likeness (QED) is 0.804. The highest BCUT2D eigenvalue weighted by Crippen LogP contribution is 2.25. The van der Waals surface area contributed by atoms with Crippen LogP contribution in [0.15, 0.2) is 34.7 Å². The van der Waals surface area contributed by atoms with Crippen LogP contribution in [-0.4, -0.2) is 15.5 Å². The zero-order chi connectivity index (χ0) is 12.4. The second-order valence-corrected chi connectivity index (χ2v) is 3.80. The van der Waals surface area contributed by atoms with E-state index in [1.165, 1.54) is 0 Å². The summed E-state index contributed by atoms with van der Waals surface area (Å²) < 4.78 is 4.92. The number of carbonyl (C=O) groups is 2. The number of aromatic nitrogens is 1. The van der Waals surface area contributed by atoms with Crippen molar-refractivity contribution < 1.29 is 14.0 Å². The van der Waals surface area contributed by atoms with Gasteiger partial charge >= 0.3 is 5.24 Å². The van der Waals surface area contributed by atoms with Gasteiger partial charge in [-0.05, 0) is 23.2 Å². The van der Waals surface area contributed by atoms with Crippen LogP contribution in [0.2, 0.25) is 0 Å². The maximum atomic E-state index is 11.2. The zero-order valence-corrected chi connectivity index (χ0v) is 9.83. The number of oxazole rings is 1. The minimum absolute atomic E-state index is 0.193. The van der Waals surface area contributed by atoms with Gasteiger partial charge in [0.05, 0.1) is 0 Å². The molecule has 0 aliphatic heterocycles. The molecule has 0 unspecified atom stereocenters. The smallest absolute Gasteiger partial charge is 0.307 e. The summed E-state index contributed by atoms with van der Waals surface area (Å²) in [6.45, 7) is 0. The molecule has 1 aromatic heterocycles. The van der Waals surface area contributed by atoms with E-state index in [1.54, 1.807) is 30.3 Å². The van der Waals surface area contributed by atoms with E-state index >= 15 is 0 Å². The van der Waals surface area contributed by atoms with Gasteiger partial charge in [0.25, 0.3) is 11.1 Å². The van der Waals surface area contributed by atoms with Crippen molar-refractivity contribution in [2.45, 2.75) is 0 Å². The minimum Gasteiger partial charge on any atom is -0.427 e. The number of nitrogens with zero attached hydrogens (tertiary/aromatic N) is 1. The third-order valence-corrected chi connectivity index (χ3v) is 2.35. The maximum absolute atomic E-state index is 11.2. The monoisotopic (exact) mass is 269 g/mol. The Morgan fingerprint density at radius 1 is 1.06 bits per heavy atom. The van der Waals surface area contributed by atoms with Gasteiger partial charge in [0.2, 0.25) is 5.76 Å². The second kappa shape index (κ2) is 4.69. The van der Waals surface area contributed by atoms with E-state index in [9.17, 15) is 9.59 Å². The molecule has 0 saturated carbocycles. The topological polar surface area (TPSA) is 60.2 Å². The highest BCUT2D eigenvalue weighted by Gasteiger charge is 2.22. The van der Waals surface area contributed by atoms with Crippen LogP contribution in [0.3, 0.4) is 0 Å². The summed E-state index contributed by atoms with van der Waals surface area (Å²) in [6, 6.07) is 8.75. The third-order valence-electron chi connectivity index (χ3n) is 2.02. The molecule has 0 N–H and O–H groups in total. The Morgan fingerprint density at radius 2 is 1.71 bits per heavy atom. The van der Waals surface area contributed by atoms with E-state index in [-0.39, 0.29) is 17.3 Å². The van der Waals surface area contributed by atoms with Crippen molar-refractivity contribution in [3.05, 3.63) is 42.0 Å². The number of carbonyl (C=O) groups excluding carboxylic acids is 2. The van der Waals surface area contributed by atoms with Gasteiger partial charge in [-0.2, -0.15) is 0 Å². The largest absolute Gasteiger partial charge is 0.427 e. The maximum Gasteiger partial charge on any atom is 0.307 e. The Balaban J connectivity index is 2.60. The Kier molecular flexibility index (Phi) is 3.26. The zero-order valence-electron chi connectivity index (χ0n) is 8.31. The molecule has 0 fully saturated rings. The molecule has 0 spiro atoms. The summed E-state index contributed by atoms with van der Waals surface area (Å²) in [5, 5.41) is -1.72. The van der Waals surface area contributed by atoms with Crippen molar-refractivity contribution >= 4 is 33.7 Å². The molecule has 17 heavy (non-hydrogen) atoms. The van der Waals surface area contributed by atoms with E-state index in [2.05, 4.69) is 4.98 Å². The van der Waals surface area contributed by atoms with Crippen molar-refractivity contribution in [3.8, 4) is 11.3 Å². The van der Waals surface area contributed by atoms with Gasteiger partial charge < -0.3 is 4.42 Å². The number of benzene rings is 1. The molecular weight excluding hydrogens is 265 g/mol. The minimum atomic E-state index is -0.883. The van der Waals surface area contributed by atoms with Crippen LogP contribution in [0.4, 0.5) is 0 Å². The molecule has 1 heterocycles. The van der Waals surface area contributed by atoms with Crippen molar-refractivity contribution in [3.63, 3.8) is 0 Å². The molecule has 86 valence electrons. The SMILES string of the molecule is O=C(Cl)c1nc(-c2ccccc2)c(C(=O)Cl)o1. The molecular formula is C11H5Cl2NO3. The predicted molar refractivity (Wildman–Crippen MR) is 62.3 cm³/mol. The van der Waals surface area contributed by atoms with E-state index in [0.29, 0.717) is 5.56 Å². The lowest BCUT2D eigenvalue weighted by molar-refractivity contribution is 0.103. The van der Waals surface area contributed by atoms with Crippen LogP contribution in [0.5, 0.6) is 0 Å². The first-order chi connectivity index (χ1) is 8.09. The first-order valence-corrected chi connectivity index (χ1v) is 5.31. The summed E-state index contributed by atoms with van der Waals surface area (Å²) in [4.78, 5) is 25.9. The van der Waals surface area contributed by atoms with Crippen LogP contribution in [-0.2, 0) is 0 Å². The van der Waals surface area contributed by atoms with Gasteiger partial charge in [-0.25, -0.2) is 4.98 Å². The van der Waals surface area contributed by atoms with E-state index < -0.39 is 10.5 Å². The second-order valence-electron chi connectivity index (χ2n) is 3.11. The Bertz CT molecular complexity index is 578. The van der Waals surface area contributed by atoms with Crippen LogP contribution in [0.1, 0.15) is 21.2 Å². The summed E-state index contributed by atoms with van der Waals surface area (Å²) in [5.41, 5.74) is 0.819. The summed E-state index contributed by atoms with van der Waals surface area (Å²) >= 11 is 10.6. The van der Waals surface area contributed by atoms with Crippen LogP contribution in [0.25, 0.3) is 11.3 Å². The van der Waals surface area contributed by atoms with Gasteiger partial charge in [-0.3, -0.25) is 9.59 Å². The standard InChI is InChI=1S/C11H5Cl2NO3/c12-9(15)8-7(6-4-2-1-3-5-6)14-11(17-8)10(13)16/h1-5H.